The molecule has 1 fully saturated rings. The number of carbonyl (C=O) groups excluding carboxylic acids is 1. The Bertz CT molecular complexity index is 731. The van der Waals surface area contributed by atoms with Gasteiger partial charge in [0.1, 0.15) is 5.75 Å². The fourth-order valence-corrected chi connectivity index (χ4v) is 3.00. The van der Waals surface area contributed by atoms with Crippen molar-refractivity contribution in [3.8, 4) is 17.0 Å². The highest BCUT2D eigenvalue weighted by Gasteiger charge is 2.37. The van der Waals surface area contributed by atoms with Gasteiger partial charge in [-0.3, -0.25) is 4.79 Å². The van der Waals surface area contributed by atoms with Crippen molar-refractivity contribution in [3.05, 3.63) is 30.3 Å². The van der Waals surface area contributed by atoms with Crippen molar-refractivity contribution < 1.29 is 9.90 Å². The molecule has 1 saturated heterocycles. The van der Waals surface area contributed by atoms with Crippen molar-refractivity contribution in [3.63, 3.8) is 0 Å². The molecule has 2 aliphatic rings. The zero-order chi connectivity index (χ0) is 14.4. The maximum absolute atomic E-state index is 12.1. The number of phenols is 1. The quantitative estimate of drug-likeness (QED) is 0.833. The summed E-state index contributed by atoms with van der Waals surface area (Å²) in [6.45, 7) is 0.712. The summed E-state index contributed by atoms with van der Waals surface area (Å²) >= 11 is 0. The lowest BCUT2D eigenvalue weighted by Crippen LogP contribution is -2.42. The van der Waals surface area contributed by atoms with Gasteiger partial charge < -0.3 is 15.3 Å². The van der Waals surface area contributed by atoms with Crippen molar-refractivity contribution in [2.75, 3.05) is 16.8 Å². The third-order valence-electron chi connectivity index (χ3n) is 4.04. The van der Waals surface area contributed by atoms with Crippen LogP contribution in [-0.4, -0.2) is 33.8 Å². The molecule has 0 bridgehead atoms. The molecular weight excluding hydrogens is 268 g/mol. The van der Waals surface area contributed by atoms with Gasteiger partial charge in [0.15, 0.2) is 5.82 Å². The molecule has 2 aliphatic heterocycles. The Kier molecular flexibility index (Phi) is 2.57. The van der Waals surface area contributed by atoms with Gasteiger partial charge in [-0.05, 0) is 24.6 Å². The summed E-state index contributed by atoms with van der Waals surface area (Å²) in [5, 5.41) is 21.5. The Balaban J connectivity index is 1.84. The molecule has 0 saturated carbocycles. The van der Waals surface area contributed by atoms with Crippen LogP contribution in [0.4, 0.5) is 11.5 Å². The van der Waals surface area contributed by atoms with E-state index in [1.165, 1.54) is 0 Å². The first kappa shape index (κ1) is 12.1. The number of amides is 1. The van der Waals surface area contributed by atoms with Crippen LogP contribution < -0.4 is 10.2 Å². The van der Waals surface area contributed by atoms with Crippen LogP contribution in [0.2, 0.25) is 0 Å². The van der Waals surface area contributed by atoms with E-state index in [-0.39, 0.29) is 17.7 Å². The van der Waals surface area contributed by atoms with Crippen LogP contribution in [0.5, 0.6) is 5.75 Å². The molecule has 1 atom stereocenters. The van der Waals surface area contributed by atoms with Gasteiger partial charge in [0.2, 0.25) is 5.91 Å². The largest absolute Gasteiger partial charge is 0.507 e. The minimum Gasteiger partial charge on any atom is -0.507 e. The fourth-order valence-electron chi connectivity index (χ4n) is 3.00. The first-order chi connectivity index (χ1) is 10.2. The smallest absolute Gasteiger partial charge is 0.227 e. The molecule has 1 unspecified atom stereocenters. The van der Waals surface area contributed by atoms with Gasteiger partial charge >= 0.3 is 0 Å². The standard InChI is InChI=1S/C15H14N4O2/c20-13-4-2-1-3-10(13)11-7-12-15(18-17-11)16-8-9-5-6-14(21)19(9)12/h1-4,7,9,20H,5-6,8H2,(H,16,18). The van der Waals surface area contributed by atoms with E-state index in [0.29, 0.717) is 30.0 Å². The van der Waals surface area contributed by atoms with Crippen molar-refractivity contribution in [2.24, 2.45) is 0 Å². The number of nitrogens with zero attached hydrogens (tertiary/aromatic N) is 3. The molecule has 1 aromatic heterocycles. The maximum atomic E-state index is 12.1. The lowest BCUT2D eigenvalue weighted by Gasteiger charge is -2.31. The van der Waals surface area contributed by atoms with Crippen molar-refractivity contribution in [1.82, 2.24) is 10.2 Å². The summed E-state index contributed by atoms with van der Waals surface area (Å²) in [6, 6.07) is 8.99. The lowest BCUT2D eigenvalue weighted by molar-refractivity contribution is -0.117. The summed E-state index contributed by atoms with van der Waals surface area (Å²) in [5.74, 6) is 0.902. The Labute approximate surface area is 121 Å². The summed E-state index contributed by atoms with van der Waals surface area (Å²) < 4.78 is 0. The number of benzene rings is 1. The van der Waals surface area contributed by atoms with Crippen LogP contribution in [0.25, 0.3) is 11.3 Å². The van der Waals surface area contributed by atoms with Crippen LogP contribution in [0.1, 0.15) is 12.8 Å². The van der Waals surface area contributed by atoms with Crippen LogP contribution >= 0.6 is 0 Å². The lowest BCUT2D eigenvalue weighted by atomic mass is 10.1. The average molecular weight is 282 g/mol. The van der Waals surface area contributed by atoms with E-state index in [4.69, 9.17) is 0 Å². The summed E-state index contributed by atoms with van der Waals surface area (Å²) in [4.78, 5) is 13.9. The number of nitrogens with one attached hydrogen (secondary N) is 1. The topological polar surface area (TPSA) is 78.3 Å². The van der Waals surface area contributed by atoms with Gasteiger partial charge in [-0.25, -0.2) is 0 Å². The van der Waals surface area contributed by atoms with Gasteiger partial charge in [0.05, 0.1) is 17.4 Å². The average Bonchev–Trinajstić information content (AvgIpc) is 2.89. The second-order valence-corrected chi connectivity index (χ2v) is 5.32. The molecule has 6 heteroatoms. The first-order valence-corrected chi connectivity index (χ1v) is 6.96. The van der Waals surface area contributed by atoms with E-state index in [1.54, 1.807) is 18.2 Å². The Morgan fingerprint density at radius 1 is 1.29 bits per heavy atom. The zero-order valence-corrected chi connectivity index (χ0v) is 11.3. The van der Waals surface area contributed by atoms with E-state index < -0.39 is 0 Å². The summed E-state index contributed by atoms with van der Waals surface area (Å²) in [7, 11) is 0. The van der Waals surface area contributed by atoms with Crippen LogP contribution in [0.15, 0.2) is 30.3 Å². The van der Waals surface area contributed by atoms with Crippen LogP contribution in [-0.2, 0) is 4.79 Å². The van der Waals surface area contributed by atoms with Gasteiger partial charge in [-0.2, -0.15) is 0 Å². The number of aromatic nitrogens is 2. The minimum atomic E-state index is 0.124. The van der Waals surface area contributed by atoms with Crippen molar-refractivity contribution in [2.45, 2.75) is 18.9 Å². The van der Waals surface area contributed by atoms with E-state index >= 15 is 0 Å². The fraction of sp³-hybridized carbons (Fsp3) is 0.267. The molecule has 0 spiro atoms. The normalized spacial score (nSPS) is 19.9. The highest BCUT2D eigenvalue weighted by Crippen LogP contribution is 2.38. The molecule has 21 heavy (non-hydrogen) atoms. The number of carbonyl (C=O) groups is 1. The Morgan fingerprint density at radius 2 is 2.14 bits per heavy atom. The molecule has 6 nitrogen and oxygen atoms in total. The Morgan fingerprint density at radius 3 is 3.00 bits per heavy atom. The molecule has 0 radical (unpaired) electrons. The Hall–Kier alpha value is -2.63. The third-order valence-corrected chi connectivity index (χ3v) is 4.04. The molecular formula is C15H14N4O2. The molecule has 106 valence electrons. The second kappa shape index (κ2) is 4.44. The number of aromatic hydroxyl groups is 1. The SMILES string of the molecule is O=C1CCC2CNc3nnc(-c4ccccc4O)cc3N12. The highest BCUT2D eigenvalue weighted by molar-refractivity contribution is 6.00. The monoisotopic (exact) mass is 282 g/mol. The minimum absolute atomic E-state index is 0.124. The molecule has 4 rings (SSSR count). The van der Waals surface area contributed by atoms with Crippen LogP contribution in [0.3, 0.4) is 0 Å². The maximum Gasteiger partial charge on any atom is 0.227 e. The van der Waals surface area contributed by atoms with E-state index in [0.717, 1.165) is 12.1 Å². The summed E-state index contributed by atoms with van der Waals surface area (Å²) in [6.07, 6.45) is 1.43. The van der Waals surface area contributed by atoms with E-state index in [1.807, 2.05) is 17.0 Å². The van der Waals surface area contributed by atoms with Crippen LogP contribution in [0, 0.1) is 0 Å². The zero-order valence-electron chi connectivity index (χ0n) is 11.3. The van der Waals surface area contributed by atoms with E-state index in [2.05, 4.69) is 15.5 Å². The molecule has 1 aromatic carbocycles. The molecule has 1 amide bonds. The number of rotatable bonds is 1. The highest BCUT2D eigenvalue weighted by atomic mass is 16.3. The van der Waals surface area contributed by atoms with Gasteiger partial charge in [-0.15, -0.1) is 10.2 Å². The van der Waals surface area contributed by atoms with Gasteiger partial charge in [0.25, 0.3) is 0 Å². The van der Waals surface area contributed by atoms with Gasteiger partial charge in [-0.1, -0.05) is 12.1 Å². The molecule has 2 N–H and O–H groups in total. The predicted octanol–water partition coefficient (Wildman–Crippen LogP) is 1.77. The molecule has 3 heterocycles. The molecule has 0 aliphatic carbocycles. The second-order valence-electron chi connectivity index (χ2n) is 5.32. The number of para-hydroxylation sites is 1. The van der Waals surface area contributed by atoms with Crippen molar-refractivity contribution in [1.29, 1.82) is 0 Å². The summed E-state index contributed by atoms with van der Waals surface area (Å²) in [5.41, 5.74) is 1.93. The molecule has 2 aromatic rings. The first-order valence-electron chi connectivity index (χ1n) is 6.96. The number of anilines is 2. The van der Waals surface area contributed by atoms with Crippen molar-refractivity contribution >= 4 is 17.4 Å². The number of hydrogen-bond donors (Lipinski definition) is 2. The third kappa shape index (κ3) is 1.83. The van der Waals surface area contributed by atoms with Gasteiger partial charge in [0, 0.05) is 18.5 Å². The number of hydrogen-bond acceptors (Lipinski definition) is 5. The number of fused-ring (bicyclic) bond motifs is 3. The number of phenolic OH excluding ortho intramolecular Hbond substituents is 1. The van der Waals surface area contributed by atoms with E-state index in [9.17, 15) is 9.90 Å². The predicted molar refractivity (Wildman–Crippen MR) is 78.1 cm³/mol.